The van der Waals surface area contributed by atoms with E-state index in [1.165, 1.54) is 0 Å². The van der Waals surface area contributed by atoms with Crippen molar-refractivity contribution in [3.8, 4) is 5.75 Å². The third-order valence-electron chi connectivity index (χ3n) is 3.46. The molecule has 2 rings (SSSR count). The average Bonchev–Trinajstić information content (AvgIpc) is 2.38. The number of aliphatic hydroxyl groups is 1. The molecule has 0 aromatic heterocycles. The van der Waals surface area contributed by atoms with Crippen molar-refractivity contribution in [2.75, 3.05) is 32.2 Å². The van der Waals surface area contributed by atoms with Gasteiger partial charge in [0, 0.05) is 5.69 Å². The van der Waals surface area contributed by atoms with Gasteiger partial charge in [0.25, 0.3) is 0 Å². The second kappa shape index (κ2) is 5.59. The highest BCUT2D eigenvalue weighted by Crippen LogP contribution is 2.29. The molecule has 2 N–H and O–H groups in total. The number of aliphatic hydroxyl groups excluding tert-OH is 1. The predicted molar refractivity (Wildman–Crippen MR) is 71.3 cm³/mol. The monoisotopic (exact) mass is 265 g/mol. The molecule has 1 aromatic carbocycles. The summed E-state index contributed by atoms with van der Waals surface area (Å²) >= 11 is 0. The van der Waals surface area contributed by atoms with Crippen molar-refractivity contribution < 1.29 is 19.4 Å². The van der Waals surface area contributed by atoms with Gasteiger partial charge in [0.2, 0.25) is 5.91 Å². The Labute approximate surface area is 112 Å². The van der Waals surface area contributed by atoms with Gasteiger partial charge in [0.1, 0.15) is 11.2 Å². The maximum atomic E-state index is 12.1. The molecule has 0 unspecified atom stereocenters. The zero-order chi connectivity index (χ0) is 13.9. The van der Waals surface area contributed by atoms with Crippen LogP contribution in [-0.2, 0) is 16.0 Å². The van der Waals surface area contributed by atoms with Crippen molar-refractivity contribution in [2.45, 2.75) is 13.3 Å². The highest BCUT2D eigenvalue weighted by atomic mass is 16.5. The first-order valence-electron chi connectivity index (χ1n) is 6.32. The molecule has 0 atom stereocenters. The standard InChI is InChI=1S/C14H19NO4/c1-3-10-6-11(4-5-12(10)18-2)15-13(17)14(7-16)8-19-9-14/h4-6,16H,3,7-9H2,1-2H3,(H,15,17). The lowest BCUT2D eigenvalue weighted by Crippen LogP contribution is -2.54. The van der Waals surface area contributed by atoms with Gasteiger partial charge >= 0.3 is 0 Å². The molecule has 5 heteroatoms. The molecule has 1 aliphatic heterocycles. The lowest BCUT2D eigenvalue weighted by atomic mass is 9.86. The van der Waals surface area contributed by atoms with Crippen molar-refractivity contribution in [1.82, 2.24) is 0 Å². The second-order valence-electron chi connectivity index (χ2n) is 4.77. The predicted octanol–water partition coefficient (Wildman–Crippen LogP) is 1.21. The molecule has 1 amide bonds. The third kappa shape index (κ3) is 2.57. The summed E-state index contributed by atoms with van der Waals surface area (Å²) < 4.78 is 10.3. The molecule has 5 nitrogen and oxygen atoms in total. The van der Waals surface area contributed by atoms with Gasteiger partial charge in [-0.2, -0.15) is 0 Å². The average molecular weight is 265 g/mol. The molecule has 0 radical (unpaired) electrons. The second-order valence-corrected chi connectivity index (χ2v) is 4.77. The molecular weight excluding hydrogens is 246 g/mol. The maximum Gasteiger partial charge on any atom is 0.237 e. The Morgan fingerprint density at radius 1 is 1.53 bits per heavy atom. The van der Waals surface area contributed by atoms with E-state index in [0.717, 1.165) is 17.7 Å². The number of amides is 1. The van der Waals surface area contributed by atoms with E-state index in [-0.39, 0.29) is 25.7 Å². The van der Waals surface area contributed by atoms with E-state index >= 15 is 0 Å². The van der Waals surface area contributed by atoms with Gasteiger partial charge in [-0.3, -0.25) is 4.79 Å². The summed E-state index contributed by atoms with van der Waals surface area (Å²) in [5.74, 6) is 0.609. The van der Waals surface area contributed by atoms with E-state index in [1.54, 1.807) is 13.2 Å². The van der Waals surface area contributed by atoms with Crippen molar-refractivity contribution in [2.24, 2.45) is 5.41 Å². The van der Waals surface area contributed by atoms with Crippen LogP contribution in [0.25, 0.3) is 0 Å². The number of methoxy groups -OCH3 is 1. The fourth-order valence-electron chi connectivity index (χ4n) is 2.04. The van der Waals surface area contributed by atoms with E-state index < -0.39 is 5.41 Å². The Kier molecular flexibility index (Phi) is 4.07. The molecule has 0 saturated carbocycles. The fraction of sp³-hybridized carbons (Fsp3) is 0.500. The van der Waals surface area contributed by atoms with Crippen LogP contribution in [0, 0.1) is 5.41 Å². The smallest absolute Gasteiger partial charge is 0.237 e. The number of anilines is 1. The molecule has 0 spiro atoms. The number of hydrogen-bond acceptors (Lipinski definition) is 4. The lowest BCUT2D eigenvalue weighted by Gasteiger charge is -2.38. The van der Waals surface area contributed by atoms with E-state index in [2.05, 4.69) is 5.32 Å². The topological polar surface area (TPSA) is 67.8 Å². The van der Waals surface area contributed by atoms with E-state index in [0.29, 0.717) is 5.69 Å². The quantitative estimate of drug-likeness (QED) is 0.839. The fourth-order valence-corrected chi connectivity index (χ4v) is 2.04. The van der Waals surface area contributed by atoms with E-state index in [9.17, 15) is 9.90 Å². The SMILES string of the molecule is CCc1cc(NC(=O)C2(CO)COC2)ccc1OC. The summed E-state index contributed by atoms with van der Waals surface area (Å²) in [5.41, 5.74) is 0.956. The van der Waals surface area contributed by atoms with Crippen LogP contribution in [0.1, 0.15) is 12.5 Å². The first-order chi connectivity index (χ1) is 9.15. The highest BCUT2D eigenvalue weighted by Gasteiger charge is 2.45. The Bertz CT molecular complexity index is 463. The molecule has 0 aliphatic carbocycles. The first kappa shape index (κ1) is 13.8. The maximum absolute atomic E-state index is 12.1. The van der Waals surface area contributed by atoms with E-state index in [4.69, 9.17) is 9.47 Å². The number of hydrogen-bond donors (Lipinski definition) is 2. The molecule has 1 saturated heterocycles. The van der Waals surface area contributed by atoms with Crippen molar-refractivity contribution in [3.63, 3.8) is 0 Å². The zero-order valence-electron chi connectivity index (χ0n) is 11.2. The summed E-state index contributed by atoms with van der Waals surface area (Å²) in [6.07, 6.45) is 0.821. The van der Waals surface area contributed by atoms with Crippen LogP contribution >= 0.6 is 0 Å². The van der Waals surface area contributed by atoms with Gasteiger partial charge in [-0.25, -0.2) is 0 Å². The lowest BCUT2D eigenvalue weighted by molar-refractivity contribution is -0.164. The minimum atomic E-state index is -0.785. The summed E-state index contributed by atoms with van der Waals surface area (Å²) in [4.78, 5) is 12.1. The molecule has 19 heavy (non-hydrogen) atoms. The van der Waals surface area contributed by atoms with Crippen molar-refractivity contribution in [3.05, 3.63) is 23.8 Å². The number of ether oxygens (including phenoxy) is 2. The number of benzene rings is 1. The van der Waals surface area contributed by atoms with Crippen LogP contribution in [-0.4, -0.2) is 37.9 Å². The van der Waals surface area contributed by atoms with Crippen LogP contribution in [0.5, 0.6) is 5.75 Å². The molecular formula is C14H19NO4. The van der Waals surface area contributed by atoms with Gasteiger partial charge in [0.05, 0.1) is 26.9 Å². The number of aryl methyl sites for hydroxylation is 1. The largest absolute Gasteiger partial charge is 0.496 e. The Morgan fingerprint density at radius 2 is 2.26 bits per heavy atom. The summed E-state index contributed by atoms with van der Waals surface area (Å²) in [6.45, 7) is 2.37. The van der Waals surface area contributed by atoms with Crippen LogP contribution in [0.4, 0.5) is 5.69 Å². The van der Waals surface area contributed by atoms with Crippen LogP contribution < -0.4 is 10.1 Å². The Hall–Kier alpha value is -1.59. The zero-order valence-corrected chi connectivity index (χ0v) is 11.2. The Morgan fingerprint density at radius 3 is 2.74 bits per heavy atom. The summed E-state index contributed by atoms with van der Waals surface area (Å²) in [7, 11) is 1.62. The van der Waals surface area contributed by atoms with Gasteiger partial charge in [-0.05, 0) is 30.2 Å². The first-order valence-corrected chi connectivity index (χ1v) is 6.32. The van der Waals surface area contributed by atoms with Gasteiger partial charge in [-0.1, -0.05) is 6.92 Å². The summed E-state index contributed by atoms with van der Waals surface area (Å²) in [6, 6.07) is 5.51. The molecule has 1 aromatic rings. The van der Waals surface area contributed by atoms with Crippen LogP contribution in [0.2, 0.25) is 0 Å². The number of carbonyl (C=O) groups is 1. The summed E-state index contributed by atoms with van der Waals surface area (Å²) in [5, 5.41) is 12.1. The number of nitrogens with one attached hydrogen (secondary N) is 1. The minimum Gasteiger partial charge on any atom is -0.496 e. The van der Waals surface area contributed by atoms with Crippen LogP contribution in [0.3, 0.4) is 0 Å². The Balaban J connectivity index is 2.13. The number of carbonyl (C=O) groups excluding carboxylic acids is 1. The third-order valence-corrected chi connectivity index (χ3v) is 3.46. The number of rotatable bonds is 5. The minimum absolute atomic E-state index is 0.199. The molecule has 1 heterocycles. The molecule has 1 fully saturated rings. The van der Waals surface area contributed by atoms with Crippen molar-refractivity contribution in [1.29, 1.82) is 0 Å². The van der Waals surface area contributed by atoms with Gasteiger partial charge in [-0.15, -0.1) is 0 Å². The highest BCUT2D eigenvalue weighted by molar-refractivity contribution is 5.96. The molecule has 1 aliphatic rings. The molecule has 0 bridgehead atoms. The van der Waals surface area contributed by atoms with E-state index in [1.807, 2.05) is 19.1 Å². The normalized spacial score (nSPS) is 16.6. The molecule has 104 valence electrons. The van der Waals surface area contributed by atoms with Crippen molar-refractivity contribution >= 4 is 11.6 Å². The van der Waals surface area contributed by atoms with Gasteiger partial charge in [0.15, 0.2) is 0 Å². The van der Waals surface area contributed by atoms with Gasteiger partial charge < -0.3 is 19.9 Å². The van der Waals surface area contributed by atoms with Crippen LogP contribution in [0.15, 0.2) is 18.2 Å².